The first kappa shape index (κ1) is 25.8. The molecule has 3 atom stereocenters. The highest BCUT2D eigenvalue weighted by atomic mass is 19.4. The van der Waals surface area contributed by atoms with Crippen molar-refractivity contribution in [2.24, 2.45) is 32.5 Å². The lowest BCUT2D eigenvalue weighted by Crippen LogP contribution is -2.35. The van der Waals surface area contributed by atoms with Gasteiger partial charge in [0.25, 0.3) is 5.91 Å². The molecule has 1 aromatic rings. The number of amidine groups is 2. The molecule has 2 N–H and O–H groups in total. The second-order valence-electron chi connectivity index (χ2n) is 8.85. The standard InChI is InChI=1S/C25H32F3N5O/c1-4-17(9-10-29)13-31-16(2)32-23(30-3)24(34)33-14-19-11-18(12-20(19)15-33)21-7-5-6-8-22(21)25(26,27)28/h4-8,13,18-20H,9-12,14-15,29H2,1-3H3/b17-4-,30-23?,31-13?,32-16?/t18?,19-,20+. The van der Waals surface area contributed by atoms with E-state index in [1.165, 1.54) is 13.1 Å². The quantitative estimate of drug-likeness (QED) is 0.515. The van der Waals surface area contributed by atoms with Gasteiger partial charge in [0.15, 0.2) is 0 Å². The zero-order valence-electron chi connectivity index (χ0n) is 19.8. The third-order valence-electron chi connectivity index (χ3n) is 6.64. The fourth-order valence-corrected chi connectivity index (χ4v) is 4.97. The molecular weight excluding hydrogens is 443 g/mol. The maximum atomic E-state index is 13.5. The highest BCUT2D eigenvalue weighted by Crippen LogP contribution is 2.48. The zero-order chi connectivity index (χ0) is 24.9. The minimum atomic E-state index is -4.36. The number of hydrogen-bond acceptors (Lipinski definition) is 3. The summed E-state index contributed by atoms with van der Waals surface area (Å²) in [6.07, 6.45) is 1.22. The van der Waals surface area contributed by atoms with E-state index in [1.807, 2.05) is 13.0 Å². The number of amides is 1. The van der Waals surface area contributed by atoms with Crippen molar-refractivity contribution in [2.75, 3.05) is 26.7 Å². The van der Waals surface area contributed by atoms with Crippen LogP contribution in [-0.4, -0.2) is 55.4 Å². The van der Waals surface area contributed by atoms with Crippen LogP contribution in [0.4, 0.5) is 13.2 Å². The minimum Gasteiger partial charge on any atom is -0.335 e. The molecule has 1 aromatic carbocycles. The van der Waals surface area contributed by atoms with Crippen molar-refractivity contribution in [1.82, 2.24) is 4.90 Å². The van der Waals surface area contributed by atoms with Crippen LogP contribution in [0.5, 0.6) is 0 Å². The monoisotopic (exact) mass is 475 g/mol. The van der Waals surface area contributed by atoms with E-state index in [9.17, 15) is 18.0 Å². The number of nitrogens with two attached hydrogens (primary N) is 1. The molecule has 1 unspecified atom stereocenters. The molecule has 0 spiro atoms. The van der Waals surface area contributed by atoms with Crippen LogP contribution in [0.15, 0.2) is 50.9 Å². The van der Waals surface area contributed by atoms with Gasteiger partial charge in [0.05, 0.1) is 5.56 Å². The van der Waals surface area contributed by atoms with E-state index in [-0.39, 0.29) is 29.5 Å². The van der Waals surface area contributed by atoms with Crippen LogP contribution < -0.4 is 5.73 Å². The van der Waals surface area contributed by atoms with E-state index in [2.05, 4.69) is 15.0 Å². The third kappa shape index (κ3) is 6.00. The Morgan fingerprint density at radius 1 is 1.21 bits per heavy atom. The fraction of sp³-hybridized carbons (Fsp3) is 0.520. The average molecular weight is 476 g/mol. The molecule has 34 heavy (non-hydrogen) atoms. The van der Waals surface area contributed by atoms with Crippen LogP contribution in [0.25, 0.3) is 0 Å². The number of benzene rings is 1. The first-order chi connectivity index (χ1) is 16.2. The Morgan fingerprint density at radius 3 is 2.41 bits per heavy atom. The summed E-state index contributed by atoms with van der Waals surface area (Å²) in [6, 6.07) is 5.83. The van der Waals surface area contributed by atoms with E-state index < -0.39 is 11.7 Å². The second-order valence-corrected chi connectivity index (χ2v) is 8.85. The molecule has 2 aliphatic rings. The van der Waals surface area contributed by atoms with Crippen LogP contribution in [-0.2, 0) is 11.0 Å². The Kier molecular flexibility index (Phi) is 8.41. The molecule has 184 valence electrons. The van der Waals surface area contributed by atoms with Crippen molar-refractivity contribution >= 4 is 23.8 Å². The van der Waals surface area contributed by atoms with E-state index in [1.54, 1.807) is 30.2 Å². The summed E-state index contributed by atoms with van der Waals surface area (Å²) in [5.74, 6) is 0.415. The molecule has 1 aliphatic carbocycles. The molecule has 1 amide bonds. The number of likely N-dealkylation sites (tertiary alicyclic amines) is 1. The van der Waals surface area contributed by atoms with Crippen LogP contribution in [0.3, 0.4) is 0 Å². The molecule has 0 bridgehead atoms. The Balaban J connectivity index is 1.65. The maximum Gasteiger partial charge on any atom is 0.416 e. The van der Waals surface area contributed by atoms with Crippen molar-refractivity contribution in [2.45, 2.75) is 45.2 Å². The van der Waals surface area contributed by atoms with Crippen LogP contribution in [0.1, 0.15) is 50.2 Å². The Labute approximate surface area is 198 Å². The first-order valence-corrected chi connectivity index (χ1v) is 11.5. The molecule has 6 nitrogen and oxygen atoms in total. The molecule has 0 aromatic heterocycles. The lowest BCUT2D eigenvalue weighted by atomic mass is 9.91. The highest BCUT2D eigenvalue weighted by Gasteiger charge is 2.45. The number of alkyl halides is 3. The van der Waals surface area contributed by atoms with Crippen molar-refractivity contribution in [3.8, 4) is 0 Å². The molecule has 3 rings (SSSR count). The summed E-state index contributed by atoms with van der Waals surface area (Å²) in [7, 11) is 1.51. The number of hydrogen-bond donors (Lipinski definition) is 1. The molecule has 9 heteroatoms. The van der Waals surface area contributed by atoms with E-state index in [0.717, 1.165) is 11.6 Å². The summed E-state index contributed by atoms with van der Waals surface area (Å²) in [5, 5.41) is 0. The number of allylic oxidation sites excluding steroid dienone is 1. The van der Waals surface area contributed by atoms with Gasteiger partial charge in [-0.2, -0.15) is 13.2 Å². The van der Waals surface area contributed by atoms with Crippen LogP contribution in [0, 0.1) is 11.8 Å². The van der Waals surface area contributed by atoms with Crippen molar-refractivity contribution in [3.63, 3.8) is 0 Å². The summed E-state index contributed by atoms with van der Waals surface area (Å²) in [5.41, 5.74) is 6.37. The SMILES string of the molecule is C/C=C(\C=NC(C)=NC(=NC)C(=O)N1C[C@H]2CC(c3ccccc3C(F)(F)F)C[C@H]2C1)CCN. The number of rotatable bonds is 4. The predicted molar refractivity (Wildman–Crippen MR) is 129 cm³/mol. The Bertz CT molecular complexity index is 998. The van der Waals surface area contributed by atoms with E-state index in [0.29, 0.717) is 50.3 Å². The first-order valence-electron chi connectivity index (χ1n) is 11.5. The van der Waals surface area contributed by atoms with E-state index in [4.69, 9.17) is 5.73 Å². The van der Waals surface area contributed by atoms with Gasteiger partial charge in [0.2, 0.25) is 5.84 Å². The molecule has 1 saturated heterocycles. The van der Waals surface area contributed by atoms with Crippen molar-refractivity contribution in [1.29, 1.82) is 0 Å². The number of nitrogens with zero attached hydrogens (tertiary/aromatic N) is 4. The summed E-state index contributed by atoms with van der Waals surface area (Å²) >= 11 is 0. The van der Waals surface area contributed by atoms with Crippen LogP contribution >= 0.6 is 0 Å². The highest BCUT2D eigenvalue weighted by molar-refractivity contribution is 6.39. The van der Waals surface area contributed by atoms with Gasteiger partial charge in [-0.05, 0) is 74.6 Å². The molecular formula is C25H32F3N5O. The largest absolute Gasteiger partial charge is 0.416 e. The van der Waals surface area contributed by atoms with Crippen molar-refractivity contribution < 1.29 is 18.0 Å². The fourth-order valence-electron chi connectivity index (χ4n) is 4.97. The summed E-state index contributed by atoms with van der Waals surface area (Å²) in [6.45, 7) is 5.13. The number of carbonyl (C=O) groups is 1. The Hall–Kier alpha value is -2.81. The molecule has 0 radical (unpaired) electrons. The number of fused-ring (bicyclic) bond motifs is 1. The lowest BCUT2D eigenvalue weighted by molar-refractivity contribution is -0.138. The minimum absolute atomic E-state index is 0.0782. The van der Waals surface area contributed by atoms with Gasteiger partial charge in [-0.3, -0.25) is 9.79 Å². The zero-order valence-corrected chi connectivity index (χ0v) is 19.8. The number of halogens is 3. The van der Waals surface area contributed by atoms with Gasteiger partial charge in [-0.15, -0.1) is 0 Å². The summed E-state index contributed by atoms with van der Waals surface area (Å²) < 4.78 is 40.4. The van der Waals surface area contributed by atoms with Crippen LogP contribution in [0.2, 0.25) is 0 Å². The van der Waals surface area contributed by atoms with Gasteiger partial charge in [-0.1, -0.05) is 24.3 Å². The smallest absolute Gasteiger partial charge is 0.335 e. The molecule has 1 saturated carbocycles. The van der Waals surface area contributed by atoms with Gasteiger partial charge in [0, 0.05) is 26.4 Å². The number of aliphatic imine (C=N–C) groups is 3. The van der Waals surface area contributed by atoms with Gasteiger partial charge < -0.3 is 10.6 Å². The normalized spacial score (nSPS) is 24.3. The van der Waals surface area contributed by atoms with Crippen molar-refractivity contribution in [3.05, 3.63) is 47.0 Å². The number of carbonyl (C=O) groups excluding carboxylic acids is 1. The summed E-state index contributed by atoms with van der Waals surface area (Å²) in [4.78, 5) is 27.4. The second kappa shape index (κ2) is 11.1. The van der Waals surface area contributed by atoms with Gasteiger partial charge in [-0.25, -0.2) is 9.98 Å². The molecule has 1 heterocycles. The topological polar surface area (TPSA) is 83.4 Å². The average Bonchev–Trinajstić information content (AvgIpc) is 3.38. The predicted octanol–water partition coefficient (Wildman–Crippen LogP) is 4.47. The van der Waals surface area contributed by atoms with Gasteiger partial charge >= 0.3 is 6.18 Å². The van der Waals surface area contributed by atoms with Gasteiger partial charge in [0.1, 0.15) is 5.84 Å². The molecule has 2 fully saturated rings. The Morgan fingerprint density at radius 2 is 1.85 bits per heavy atom. The molecule has 1 aliphatic heterocycles. The van der Waals surface area contributed by atoms with E-state index >= 15 is 0 Å². The lowest BCUT2D eigenvalue weighted by Gasteiger charge is -2.21. The maximum absolute atomic E-state index is 13.5. The third-order valence-corrected chi connectivity index (χ3v) is 6.64.